The molecule has 5 aliphatic heterocycles. The van der Waals surface area contributed by atoms with Gasteiger partial charge in [-0.3, -0.25) is 36.2 Å². The summed E-state index contributed by atoms with van der Waals surface area (Å²) < 4.78 is 114. The lowest BCUT2D eigenvalue weighted by atomic mass is 9.99. The molecular weight excluding hydrogens is 1090 g/mol. The predicted octanol–water partition coefficient (Wildman–Crippen LogP) is -11.5. The lowest BCUT2D eigenvalue weighted by Gasteiger charge is -2.42. The van der Waals surface area contributed by atoms with Gasteiger partial charge in [0.2, 0.25) is 0 Å². The topological polar surface area (TPSA) is 613 Å². The van der Waals surface area contributed by atoms with E-state index in [1.54, 1.807) is 0 Å². The predicted molar refractivity (Wildman–Crippen MR) is 210 cm³/mol. The summed E-state index contributed by atoms with van der Waals surface area (Å²) >= 11 is 0. The van der Waals surface area contributed by atoms with E-state index in [0.717, 1.165) is 0 Å². The van der Waals surface area contributed by atoms with Crippen LogP contribution in [0.3, 0.4) is 0 Å². The third kappa shape index (κ3) is 15.4. The van der Waals surface area contributed by atoms with Gasteiger partial charge in [0.1, 0.15) is 122 Å². The van der Waals surface area contributed by atoms with Crippen molar-refractivity contribution in [1.82, 2.24) is 0 Å². The summed E-state index contributed by atoms with van der Waals surface area (Å²) in [6.07, 6.45) is -54.5. The smallest absolute Gasteiger partial charge is 0.394 e. The van der Waals surface area contributed by atoms with Gasteiger partial charge in [-0.2, -0.15) is 0 Å². The molecule has 0 bridgehead atoms. The zero-order chi connectivity index (χ0) is 54.2. The van der Waals surface area contributed by atoms with Gasteiger partial charge in [-0.1, -0.05) is 0 Å². The molecule has 5 fully saturated rings. The Hall–Kier alpha value is -0.440. The number of hydrogen-bond acceptors (Lipinski definition) is 34. The van der Waals surface area contributed by atoms with Crippen molar-refractivity contribution in [2.24, 2.45) is 0 Å². The fourth-order valence-corrected chi connectivity index (χ4v) is 10.3. The Balaban J connectivity index is 1.13. The van der Waals surface area contributed by atoms with Gasteiger partial charge < -0.3 is 130 Å². The van der Waals surface area contributed by atoms with Crippen LogP contribution < -0.4 is 0 Å². The quantitative estimate of drug-likeness (QED) is 0.0475. The van der Waals surface area contributed by atoms with Crippen molar-refractivity contribution in [2.45, 2.75) is 154 Å². The lowest BCUT2D eigenvalue weighted by molar-refractivity contribution is -0.291. The number of hydrogen-bond donors (Lipinski definition) is 21. The zero-order valence-corrected chi connectivity index (χ0v) is 39.7. The van der Waals surface area contributed by atoms with Crippen molar-refractivity contribution < 1.29 is 185 Å². The van der Waals surface area contributed by atoms with E-state index in [1.807, 2.05) is 0 Å². The van der Waals surface area contributed by atoms with E-state index in [-0.39, 0.29) is 0 Å². The lowest BCUT2D eigenvalue weighted by Crippen LogP contribution is -2.59. The molecule has 0 aromatic rings. The highest BCUT2D eigenvalue weighted by Crippen LogP contribution is 2.51. The fraction of sp³-hybridized carbons (Fsp3) is 1.00. The van der Waals surface area contributed by atoms with E-state index in [4.69, 9.17) is 37.3 Å². The number of aliphatic hydroxyl groups excluding tert-OH is 17. The van der Waals surface area contributed by atoms with Crippen LogP contribution in [0.5, 0.6) is 0 Å². The molecule has 424 valence electrons. The monoisotopic (exact) mass is 1150 g/mol. The van der Waals surface area contributed by atoms with Crippen LogP contribution >= 0.6 is 31.3 Å². The summed E-state index contributed by atoms with van der Waals surface area (Å²) in [5.74, 6) is 0. The molecule has 29 atom stereocenters. The molecule has 72 heavy (non-hydrogen) atoms. The maximum absolute atomic E-state index is 13.0. The first kappa shape index (κ1) is 62.4. The molecule has 5 rings (SSSR count). The van der Waals surface area contributed by atoms with Crippen LogP contribution in [0.15, 0.2) is 0 Å². The Kier molecular flexibility index (Phi) is 21.8. The summed E-state index contributed by atoms with van der Waals surface area (Å²) in [6.45, 7) is -6.12. The molecule has 0 amide bonds. The largest absolute Gasteiger partial charge is 0.474 e. The van der Waals surface area contributed by atoms with Crippen LogP contribution in [0.1, 0.15) is 0 Å². The van der Waals surface area contributed by atoms with Gasteiger partial charge in [0.15, 0.2) is 31.5 Å². The summed E-state index contributed by atoms with van der Waals surface area (Å²) in [5, 5.41) is 172. The van der Waals surface area contributed by atoms with Gasteiger partial charge >= 0.3 is 31.3 Å². The highest BCUT2D eigenvalue weighted by molar-refractivity contribution is 7.48. The van der Waals surface area contributed by atoms with Crippen LogP contribution in [0, 0.1) is 0 Å². The molecule has 5 aliphatic rings. The van der Waals surface area contributed by atoms with E-state index < -0.39 is 218 Å². The van der Waals surface area contributed by atoms with Gasteiger partial charge in [-0.25, -0.2) is 18.3 Å². The maximum atomic E-state index is 13.0. The Bertz CT molecular complexity index is 1940. The van der Waals surface area contributed by atoms with Crippen molar-refractivity contribution >= 4 is 31.3 Å². The Morgan fingerprint density at radius 1 is 0.292 bits per heavy atom. The number of aliphatic hydroxyl groups is 17. The summed E-state index contributed by atoms with van der Waals surface area (Å²) in [6, 6.07) is 0. The van der Waals surface area contributed by atoms with Gasteiger partial charge in [0.25, 0.3) is 0 Å². The average Bonchev–Trinajstić information content (AvgIpc) is 3.30. The molecule has 0 radical (unpaired) electrons. The minimum absolute atomic E-state index is 0.960. The van der Waals surface area contributed by atoms with Crippen LogP contribution in [-0.4, -0.2) is 293 Å². The van der Waals surface area contributed by atoms with Crippen molar-refractivity contribution in [3.8, 4) is 0 Å². The van der Waals surface area contributed by atoms with Crippen LogP contribution in [-0.2, 0) is 78.1 Å². The summed E-state index contributed by atoms with van der Waals surface area (Å²) in [5.41, 5.74) is 0. The SMILES string of the molecule is O=P(O)(OC[C@H]1O[C@H](OP(=O)(O)OC[C@H]2O[C@H](OP(=O)(O)OC[C@H]3O[C@H](OP(=O)(O)OC[C@H]4O[C@H](O)[C@@H](O)[C@@H](O)[C@@H]4O)[C@@H](O)[C@@H](O)[C@@H]3O)[C@@H](O)[C@@H](O)[C@@H]2O)[C@@H](O)[C@@H](O)[C@@H]1O)O[C@H]1O[C@H](CO)[C@@H](O)[C@H](O)[C@@H]1O. The van der Waals surface area contributed by atoms with E-state index in [1.165, 1.54) is 0 Å². The van der Waals surface area contributed by atoms with Crippen molar-refractivity contribution in [3.63, 3.8) is 0 Å². The molecule has 21 N–H and O–H groups in total. The van der Waals surface area contributed by atoms with Crippen molar-refractivity contribution in [2.75, 3.05) is 33.0 Å². The molecule has 5 saturated heterocycles. The minimum atomic E-state index is -5.68. The summed E-state index contributed by atoms with van der Waals surface area (Å²) in [7, 11) is -22.3. The number of ether oxygens (including phenoxy) is 5. The van der Waals surface area contributed by atoms with Gasteiger partial charge in [-0.05, 0) is 0 Å². The van der Waals surface area contributed by atoms with E-state index in [2.05, 4.69) is 22.6 Å². The van der Waals surface area contributed by atoms with Crippen LogP contribution in [0.25, 0.3) is 0 Å². The second kappa shape index (κ2) is 25.1. The first-order valence-electron chi connectivity index (χ1n) is 20.6. The van der Waals surface area contributed by atoms with Gasteiger partial charge in [0.05, 0.1) is 33.0 Å². The molecule has 0 aromatic heterocycles. The molecule has 38 nitrogen and oxygen atoms in total. The third-order valence-electron chi connectivity index (χ3n) is 11.1. The molecule has 0 aromatic carbocycles. The molecule has 0 spiro atoms. The van der Waals surface area contributed by atoms with E-state index >= 15 is 0 Å². The van der Waals surface area contributed by atoms with Gasteiger partial charge in [-0.15, -0.1) is 0 Å². The number of rotatable bonds is 21. The standard InChI is InChI=1S/C30H56O38P4/c31-1-6-11(32)17(38)22(43)27(61-6)65-70(50,51)57-3-8-13(34)19(40)24(45)29(63-8)67-72(54,55)59-5-10-15(36)20(41)25(46)30(64-10)68-71(52,53)58-4-9-14(35)18(39)23(44)28(62-9)66-69(48,49)56-2-7-12(33)16(37)21(42)26(47)60-7/h6-47H,1-5H2,(H,48,49)(H,50,51)(H,52,53)(H,54,55)/t6-,7-,8-,9-,10-,11-,12-,13-,14-,15-,16+,17+,18+,19+,20+,21+,22+,23+,24+,25+,26+,27-,28-,29-,30-/m1/s1. The normalized spacial score (nSPS) is 47.7. The van der Waals surface area contributed by atoms with Crippen molar-refractivity contribution in [1.29, 1.82) is 0 Å². The average molecular weight is 1150 g/mol. The molecule has 4 unspecified atom stereocenters. The number of phosphoric ester groups is 4. The highest BCUT2D eigenvalue weighted by Gasteiger charge is 2.53. The molecular formula is C30H56O38P4. The second-order valence-electron chi connectivity index (χ2n) is 16.3. The number of phosphoric acid groups is 4. The molecule has 5 heterocycles. The second-order valence-corrected chi connectivity index (χ2v) is 21.9. The van der Waals surface area contributed by atoms with E-state index in [9.17, 15) is 125 Å². The summed E-state index contributed by atoms with van der Waals surface area (Å²) in [4.78, 5) is 41.2. The highest BCUT2D eigenvalue weighted by atomic mass is 31.2. The molecule has 42 heteroatoms. The Labute approximate surface area is 402 Å². The first-order valence-corrected chi connectivity index (χ1v) is 26.6. The minimum Gasteiger partial charge on any atom is -0.394 e. The first-order chi connectivity index (χ1) is 33.2. The third-order valence-corrected chi connectivity index (χ3v) is 14.9. The van der Waals surface area contributed by atoms with Crippen LogP contribution in [0.4, 0.5) is 0 Å². The van der Waals surface area contributed by atoms with Crippen molar-refractivity contribution in [3.05, 3.63) is 0 Å². The van der Waals surface area contributed by atoms with Gasteiger partial charge in [0, 0.05) is 0 Å². The van der Waals surface area contributed by atoms with Crippen LogP contribution in [0.2, 0.25) is 0 Å². The maximum Gasteiger partial charge on any atom is 0.474 e. The fourth-order valence-electron chi connectivity index (χ4n) is 6.96. The zero-order valence-electron chi connectivity index (χ0n) is 36.1. The van der Waals surface area contributed by atoms with E-state index in [0.29, 0.717) is 0 Å². The molecule has 0 saturated carbocycles. The Morgan fingerprint density at radius 2 is 0.500 bits per heavy atom. The Morgan fingerprint density at radius 3 is 0.750 bits per heavy atom. The molecule has 0 aliphatic carbocycles.